The van der Waals surface area contributed by atoms with Gasteiger partial charge in [0.15, 0.2) is 0 Å². The van der Waals surface area contributed by atoms with Gasteiger partial charge in [-0.25, -0.2) is 4.79 Å². The van der Waals surface area contributed by atoms with Crippen molar-refractivity contribution >= 4 is 51.2 Å². The van der Waals surface area contributed by atoms with E-state index in [4.69, 9.17) is 10.00 Å². The summed E-state index contributed by atoms with van der Waals surface area (Å²) in [6.45, 7) is 2.05. The molecule has 0 aliphatic carbocycles. The highest BCUT2D eigenvalue weighted by Crippen LogP contribution is 2.23. The van der Waals surface area contributed by atoms with E-state index in [2.05, 4.69) is 22.6 Å². The van der Waals surface area contributed by atoms with Gasteiger partial charge in [0, 0.05) is 7.14 Å². The Bertz CT molecular complexity index is 438. The lowest BCUT2D eigenvalue weighted by Crippen LogP contribution is -2.10. The number of hydrogen-bond donors (Lipinski definition) is 0. The van der Waals surface area contributed by atoms with Crippen LogP contribution in [0, 0.1) is 18.5 Å². The van der Waals surface area contributed by atoms with E-state index >= 15 is 0 Å². The van der Waals surface area contributed by atoms with Crippen LogP contribution in [-0.2, 0) is 4.74 Å². The Hall–Kier alpha value is -0.360. The van der Waals surface area contributed by atoms with Gasteiger partial charge in [0.1, 0.15) is 6.07 Å². The van der Waals surface area contributed by atoms with Crippen LogP contribution >= 0.6 is 45.2 Å². The monoisotopic (exact) mass is 427 g/mol. The molecule has 78 valence electrons. The second-order valence-electron chi connectivity index (χ2n) is 2.62. The lowest BCUT2D eigenvalue weighted by Gasteiger charge is -2.07. The second kappa shape index (κ2) is 5.65. The molecule has 0 bridgehead atoms. The molecule has 0 aliphatic rings. The number of benzene rings is 1. The first-order valence-corrected chi connectivity index (χ1v) is 6.32. The summed E-state index contributed by atoms with van der Waals surface area (Å²) in [5.41, 5.74) is 0.727. The molecule has 1 aromatic carbocycles. The maximum Gasteiger partial charge on any atom is 0.340 e. The van der Waals surface area contributed by atoms with Gasteiger partial charge in [0.2, 0.25) is 0 Å². The molecule has 3 nitrogen and oxygen atoms in total. The fraction of sp³-hybridized carbons (Fsp3) is 0.200. The van der Waals surface area contributed by atoms with Gasteiger partial charge in [-0.1, -0.05) is 0 Å². The standard InChI is InChI=1S/C10H7I2NO2/c1-2-15-10(14)8-6(5-13)3-4-7(11)9(8)12/h3-4H,2H2,1H3. The summed E-state index contributed by atoms with van der Waals surface area (Å²) < 4.78 is 6.62. The first-order chi connectivity index (χ1) is 7.11. The first-order valence-electron chi connectivity index (χ1n) is 4.17. The van der Waals surface area contributed by atoms with Crippen LogP contribution < -0.4 is 0 Å². The van der Waals surface area contributed by atoms with E-state index < -0.39 is 5.97 Å². The van der Waals surface area contributed by atoms with Gasteiger partial charge in [-0.3, -0.25) is 0 Å². The maximum atomic E-state index is 11.6. The third kappa shape index (κ3) is 2.81. The summed E-state index contributed by atoms with van der Waals surface area (Å²) in [4.78, 5) is 11.6. The molecule has 0 saturated heterocycles. The molecule has 0 amide bonds. The summed E-state index contributed by atoms with van der Waals surface area (Å²) in [5.74, 6) is -0.433. The van der Waals surface area contributed by atoms with E-state index in [9.17, 15) is 4.79 Å². The van der Waals surface area contributed by atoms with Crippen LogP contribution in [0.4, 0.5) is 0 Å². The topological polar surface area (TPSA) is 50.1 Å². The Labute approximate surface area is 115 Å². The van der Waals surface area contributed by atoms with Crippen LogP contribution in [0.2, 0.25) is 0 Å². The molecule has 0 radical (unpaired) electrons. The third-order valence-corrected chi connectivity index (χ3v) is 4.75. The average Bonchev–Trinajstić information content (AvgIpc) is 2.22. The zero-order valence-electron chi connectivity index (χ0n) is 7.88. The van der Waals surface area contributed by atoms with E-state index in [1.807, 2.05) is 34.7 Å². The van der Waals surface area contributed by atoms with Crippen molar-refractivity contribution in [3.8, 4) is 6.07 Å². The lowest BCUT2D eigenvalue weighted by molar-refractivity contribution is 0.0524. The number of esters is 1. The highest BCUT2D eigenvalue weighted by atomic mass is 127. The number of ether oxygens (including phenoxy) is 1. The van der Waals surface area contributed by atoms with Crippen molar-refractivity contribution in [2.45, 2.75) is 6.92 Å². The minimum atomic E-state index is -0.433. The smallest absolute Gasteiger partial charge is 0.340 e. The molecule has 1 rings (SSSR count). The lowest BCUT2D eigenvalue weighted by atomic mass is 10.1. The van der Waals surface area contributed by atoms with Gasteiger partial charge in [-0.05, 0) is 64.2 Å². The quantitative estimate of drug-likeness (QED) is 0.539. The average molecular weight is 427 g/mol. The molecule has 0 aromatic heterocycles. The normalized spacial score (nSPS) is 9.47. The molecular weight excluding hydrogens is 420 g/mol. The summed E-state index contributed by atoms with van der Waals surface area (Å²) >= 11 is 4.17. The Morgan fingerprint density at radius 1 is 1.53 bits per heavy atom. The third-order valence-electron chi connectivity index (χ3n) is 1.69. The molecule has 0 spiro atoms. The highest BCUT2D eigenvalue weighted by Gasteiger charge is 2.18. The minimum Gasteiger partial charge on any atom is -0.462 e. The Morgan fingerprint density at radius 2 is 2.20 bits per heavy atom. The number of halogens is 2. The maximum absolute atomic E-state index is 11.6. The van der Waals surface area contributed by atoms with Crippen LogP contribution in [0.5, 0.6) is 0 Å². The molecule has 0 saturated carbocycles. The predicted octanol–water partition coefficient (Wildman–Crippen LogP) is 2.94. The van der Waals surface area contributed by atoms with E-state index in [1.54, 1.807) is 13.0 Å². The van der Waals surface area contributed by atoms with Gasteiger partial charge in [0.25, 0.3) is 0 Å². The highest BCUT2D eigenvalue weighted by molar-refractivity contribution is 14.1. The van der Waals surface area contributed by atoms with Gasteiger partial charge in [0.05, 0.1) is 17.7 Å². The molecule has 0 fully saturated rings. The van der Waals surface area contributed by atoms with Crippen molar-refractivity contribution in [2.75, 3.05) is 6.61 Å². The molecule has 1 aromatic rings. The van der Waals surface area contributed by atoms with Gasteiger partial charge in [-0.15, -0.1) is 0 Å². The number of rotatable bonds is 2. The largest absolute Gasteiger partial charge is 0.462 e. The molecule has 0 N–H and O–H groups in total. The van der Waals surface area contributed by atoms with E-state index in [0.717, 1.165) is 7.14 Å². The van der Waals surface area contributed by atoms with Crippen LogP contribution in [-0.4, -0.2) is 12.6 Å². The second-order valence-corrected chi connectivity index (χ2v) is 4.86. The number of carbonyl (C=O) groups excluding carboxylic acids is 1. The zero-order chi connectivity index (χ0) is 11.4. The van der Waals surface area contributed by atoms with Gasteiger partial charge >= 0.3 is 5.97 Å². The van der Waals surface area contributed by atoms with Crippen LogP contribution in [0.25, 0.3) is 0 Å². The Kier molecular flexibility index (Phi) is 4.79. The summed E-state index contributed by atoms with van der Waals surface area (Å²) in [5, 5.41) is 8.89. The van der Waals surface area contributed by atoms with Crippen molar-refractivity contribution in [1.82, 2.24) is 0 Å². The van der Waals surface area contributed by atoms with Gasteiger partial charge in [-0.2, -0.15) is 5.26 Å². The van der Waals surface area contributed by atoms with Crippen molar-refractivity contribution < 1.29 is 9.53 Å². The molecule has 0 atom stereocenters. The van der Waals surface area contributed by atoms with Crippen molar-refractivity contribution in [3.05, 3.63) is 30.4 Å². The van der Waals surface area contributed by atoms with E-state index in [1.165, 1.54) is 0 Å². The summed E-state index contributed by atoms with van der Waals surface area (Å²) in [6, 6.07) is 5.44. The molecule has 0 unspecified atom stereocenters. The molecule has 0 heterocycles. The molecule has 15 heavy (non-hydrogen) atoms. The van der Waals surface area contributed by atoms with Crippen molar-refractivity contribution in [1.29, 1.82) is 5.26 Å². The van der Waals surface area contributed by atoms with Crippen LogP contribution in [0.15, 0.2) is 12.1 Å². The van der Waals surface area contributed by atoms with Gasteiger partial charge < -0.3 is 4.74 Å². The van der Waals surface area contributed by atoms with Crippen LogP contribution in [0.3, 0.4) is 0 Å². The molecule has 0 aliphatic heterocycles. The zero-order valence-corrected chi connectivity index (χ0v) is 12.2. The van der Waals surface area contributed by atoms with Crippen LogP contribution in [0.1, 0.15) is 22.8 Å². The molecule has 5 heteroatoms. The minimum absolute atomic E-state index is 0.311. The predicted molar refractivity (Wildman–Crippen MR) is 72.5 cm³/mol. The fourth-order valence-electron chi connectivity index (χ4n) is 1.05. The Morgan fingerprint density at radius 3 is 2.73 bits per heavy atom. The summed E-state index contributed by atoms with van der Waals surface area (Å²) in [6.07, 6.45) is 0. The van der Waals surface area contributed by atoms with Crippen molar-refractivity contribution in [3.63, 3.8) is 0 Å². The van der Waals surface area contributed by atoms with E-state index in [-0.39, 0.29) is 0 Å². The Balaban J connectivity index is 3.31. The number of nitriles is 1. The first kappa shape index (κ1) is 12.7. The number of hydrogen-bond acceptors (Lipinski definition) is 3. The van der Waals surface area contributed by atoms with Crippen molar-refractivity contribution in [2.24, 2.45) is 0 Å². The number of nitrogens with zero attached hydrogens (tertiary/aromatic N) is 1. The molecular formula is C10H7I2NO2. The van der Waals surface area contributed by atoms with E-state index in [0.29, 0.717) is 17.7 Å². The SMILES string of the molecule is CCOC(=O)c1c(C#N)ccc(I)c1I. The fourth-order valence-corrected chi connectivity index (χ4v) is 2.19. The summed E-state index contributed by atoms with van der Waals surface area (Å²) in [7, 11) is 0. The number of carbonyl (C=O) groups is 1.